The molecule has 170 valence electrons. The van der Waals surface area contributed by atoms with E-state index in [9.17, 15) is 43.2 Å². The number of alkyl halides is 6. The van der Waals surface area contributed by atoms with E-state index in [4.69, 9.17) is 4.74 Å². The molecule has 0 bridgehead atoms. The van der Waals surface area contributed by atoms with Crippen LogP contribution in [0.5, 0.6) is 0 Å². The quantitative estimate of drug-likeness (QED) is 0.296. The van der Waals surface area contributed by atoms with Gasteiger partial charge in [-0.05, 0) is 26.3 Å². The van der Waals surface area contributed by atoms with Crippen molar-refractivity contribution < 1.29 is 52.4 Å². The van der Waals surface area contributed by atoms with Crippen molar-refractivity contribution in [1.82, 2.24) is 0 Å². The zero-order valence-corrected chi connectivity index (χ0v) is 17.4. The first-order valence-corrected chi connectivity index (χ1v) is 10.5. The molecule has 0 saturated carbocycles. The first-order valence-electron chi connectivity index (χ1n) is 7.66. The second-order valence-electron chi connectivity index (χ2n) is 5.72. The summed E-state index contributed by atoms with van der Waals surface area (Å²) in [7, 11) is -11.7. The fourth-order valence-corrected chi connectivity index (χ4v) is 3.62. The second-order valence-corrected chi connectivity index (χ2v) is 9.14. The molecule has 0 radical (unpaired) electrons. The molecular formula is C13H24F6N2O5S2. The summed E-state index contributed by atoms with van der Waals surface area (Å²) in [6.07, 6.45) is 0. The molecule has 0 spiro atoms. The van der Waals surface area contributed by atoms with Gasteiger partial charge in [-0.1, -0.05) is 6.58 Å². The van der Waals surface area contributed by atoms with E-state index >= 15 is 0 Å². The van der Waals surface area contributed by atoms with E-state index in [1.54, 1.807) is 7.11 Å². The lowest BCUT2D eigenvalue weighted by Gasteiger charge is -2.36. The van der Waals surface area contributed by atoms with Crippen LogP contribution in [0, 0.1) is 0 Å². The third-order valence-corrected chi connectivity index (χ3v) is 6.24. The highest BCUT2D eigenvalue weighted by atomic mass is 32.3. The predicted octanol–water partition coefficient (Wildman–Crippen LogP) is 3.12. The first kappa shape index (κ1) is 29.3. The van der Waals surface area contributed by atoms with Crippen molar-refractivity contribution in [1.29, 1.82) is 0 Å². The van der Waals surface area contributed by atoms with Gasteiger partial charge in [-0.2, -0.15) is 26.3 Å². The normalized spacial score (nSPS) is 13.6. The SMILES string of the molecule is C=C(C)C[N+](CC)(CC)CCOC.O=S(=O)([N-]S(=O)(=O)C(F)(F)F)C(F)(F)F. The van der Waals surface area contributed by atoms with E-state index in [0.29, 0.717) is 0 Å². The summed E-state index contributed by atoms with van der Waals surface area (Å²) in [6.45, 7) is 15.9. The van der Waals surface area contributed by atoms with Crippen molar-refractivity contribution in [2.45, 2.75) is 31.8 Å². The highest BCUT2D eigenvalue weighted by Crippen LogP contribution is 2.36. The molecule has 0 aliphatic rings. The maximum atomic E-state index is 11.4. The Hall–Kier alpha value is -0.900. The minimum absolute atomic E-state index is 0.778. The lowest BCUT2D eigenvalue weighted by molar-refractivity contribution is -0.920. The van der Waals surface area contributed by atoms with Gasteiger partial charge in [0.1, 0.15) is 6.54 Å². The molecular weight excluding hydrogens is 442 g/mol. The van der Waals surface area contributed by atoms with Gasteiger partial charge in [0.15, 0.2) is 20.0 Å². The van der Waals surface area contributed by atoms with E-state index in [-0.39, 0.29) is 0 Å². The predicted molar refractivity (Wildman–Crippen MR) is 91.1 cm³/mol. The average Bonchev–Trinajstić information content (AvgIpc) is 2.48. The number of methoxy groups -OCH3 is 1. The molecule has 7 nitrogen and oxygen atoms in total. The van der Waals surface area contributed by atoms with Gasteiger partial charge in [-0.3, -0.25) is 0 Å². The molecule has 0 N–H and O–H groups in total. The van der Waals surface area contributed by atoms with Gasteiger partial charge in [0, 0.05) is 7.11 Å². The molecule has 0 aromatic rings. The second kappa shape index (κ2) is 10.8. The van der Waals surface area contributed by atoms with Crippen molar-refractivity contribution in [3.05, 3.63) is 16.3 Å². The smallest absolute Gasteiger partial charge is 0.421 e. The summed E-state index contributed by atoms with van der Waals surface area (Å²) in [6, 6.07) is 0. The summed E-state index contributed by atoms with van der Waals surface area (Å²) in [5.41, 5.74) is -11.1. The van der Waals surface area contributed by atoms with Gasteiger partial charge in [0.25, 0.3) is 0 Å². The van der Waals surface area contributed by atoms with Crippen molar-refractivity contribution in [3.8, 4) is 0 Å². The summed E-state index contributed by atoms with van der Waals surface area (Å²) in [5, 5.41) is 0. The number of hydrogen-bond donors (Lipinski definition) is 0. The van der Waals surface area contributed by atoms with Gasteiger partial charge in [0.05, 0.1) is 26.2 Å². The van der Waals surface area contributed by atoms with E-state index in [2.05, 4.69) is 27.4 Å². The van der Waals surface area contributed by atoms with Gasteiger partial charge in [-0.15, -0.1) is 0 Å². The van der Waals surface area contributed by atoms with E-state index in [1.165, 1.54) is 5.57 Å². The standard InChI is InChI=1S/C11H24NO.C2F6NO4S2/c1-6-12(7-2,8-9-13-5)10-11(3)4;3-1(4,5)14(10,11)9-15(12,13)2(6,7)8/h3,6-10H2,1-2,4-5H3;/q+1;-1. The summed E-state index contributed by atoms with van der Waals surface area (Å²) >= 11 is 0. The molecule has 0 saturated heterocycles. The number of nitrogens with zero attached hydrogens (tertiary/aromatic N) is 2. The number of halogens is 6. The Kier molecular flexibility index (Phi) is 11.3. The zero-order valence-electron chi connectivity index (χ0n) is 15.8. The van der Waals surface area contributed by atoms with Crippen LogP contribution in [0.1, 0.15) is 20.8 Å². The molecule has 0 amide bonds. The average molecular weight is 466 g/mol. The molecule has 0 atom stereocenters. The maximum Gasteiger partial charge on any atom is 0.480 e. The third kappa shape index (κ3) is 9.54. The molecule has 0 unspecified atom stereocenters. The van der Waals surface area contributed by atoms with E-state index in [0.717, 1.165) is 41.4 Å². The molecule has 0 aliphatic carbocycles. The zero-order chi connectivity index (χ0) is 23.0. The number of hydrogen-bond acceptors (Lipinski definition) is 5. The Balaban J connectivity index is 0. The Bertz CT molecular complexity index is 656. The van der Waals surface area contributed by atoms with Crippen LogP contribution in [0.4, 0.5) is 26.3 Å². The molecule has 15 heteroatoms. The van der Waals surface area contributed by atoms with Crippen LogP contribution in [0.3, 0.4) is 0 Å². The Morgan fingerprint density at radius 2 is 1.32 bits per heavy atom. The van der Waals surface area contributed by atoms with Gasteiger partial charge in [0.2, 0.25) is 0 Å². The summed E-state index contributed by atoms with van der Waals surface area (Å²) < 4.78 is 115. The highest BCUT2D eigenvalue weighted by Gasteiger charge is 2.46. The largest absolute Gasteiger partial charge is 0.480 e. The topological polar surface area (TPSA) is 91.6 Å². The highest BCUT2D eigenvalue weighted by molar-refractivity contribution is 8.13. The fourth-order valence-electron chi connectivity index (χ4n) is 1.91. The molecule has 0 heterocycles. The molecule has 0 fully saturated rings. The minimum atomic E-state index is -6.72. The molecule has 0 aromatic heterocycles. The molecule has 0 aliphatic heterocycles. The van der Waals surface area contributed by atoms with Crippen LogP contribution in [-0.4, -0.2) is 72.2 Å². The monoisotopic (exact) mass is 466 g/mol. The van der Waals surface area contributed by atoms with Gasteiger partial charge >= 0.3 is 11.0 Å². The minimum Gasteiger partial charge on any atom is -0.421 e. The molecule has 28 heavy (non-hydrogen) atoms. The maximum absolute atomic E-state index is 11.4. The number of likely N-dealkylation sites (N-methyl/N-ethyl adjacent to an activating group) is 1. The number of sulfonamides is 2. The van der Waals surface area contributed by atoms with Crippen LogP contribution in [0.25, 0.3) is 4.13 Å². The summed E-state index contributed by atoms with van der Waals surface area (Å²) in [4.78, 5) is 0. The van der Waals surface area contributed by atoms with E-state index < -0.39 is 31.1 Å². The Morgan fingerprint density at radius 1 is 0.964 bits per heavy atom. The van der Waals surface area contributed by atoms with Crippen LogP contribution in [0.15, 0.2) is 12.2 Å². The first-order chi connectivity index (χ1) is 12.3. The molecule has 0 rings (SSSR count). The van der Waals surface area contributed by atoms with Gasteiger partial charge in [-0.25, -0.2) is 16.8 Å². The lowest BCUT2D eigenvalue weighted by Crippen LogP contribution is -2.50. The number of quaternary nitrogens is 1. The Labute approximate surface area is 161 Å². The van der Waals surface area contributed by atoms with Crippen LogP contribution in [-0.2, 0) is 24.8 Å². The lowest BCUT2D eigenvalue weighted by atomic mass is 10.2. The summed E-state index contributed by atoms with van der Waals surface area (Å²) in [5.74, 6) is 0. The number of ether oxygens (including phenoxy) is 1. The number of rotatable bonds is 9. The van der Waals surface area contributed by atoms with Gasteiger partial charge < -0.3 is 13.3 Å². The third-order valence-electron chi connectivity index (χ3n) is 3.50. The van der Waals surface area contributed by atoms with Crippen molar-refractivity contribution in [2.24, 2.45) is 0 Å². The van der Waals surface area contributed by atoms with Crippen LogP contribution < -0.4 is 0 Å². The van der Waals surface area contributed by atoms with Crippen LogP contribution in [0.2, 0.25) is 0 Å². The Morgan fingerprint density at radius 3 is 1.54 bits per heavy atom. The van der Waals surface area contributed by atoms with Crippen molar-refractivity contribution in [2.75, 3.05) is 39.9 Å². The van der Waals surface area contributed by atoms with Crippen molar-refractivity contribution in [3.63, 3.8) is 0 Å². The van der Waals surface area contributed by atoms with Crippen molar-refractivity contribution >= 4 is 20.0 Å². The van der Waals surface area contributed by atoms with Crippen LogP contribution >= 0.6 is 0 Å². The fraction of sp³-hybridized carbons (Fsp3) is 0.846. The van der Waals surface area contributed by atoms with E-state index in [1.807, 2.05) is 0 Å². The molecule has 0 aromatic carbocycles.